The van der Waals surface area contributed by atoms with Gasteiger partial charge in [-0.05, 0) is 40.2 Å². The molecule has 3 rings (SSSR count). The number of nitrogens with zero attached hydrogens (tertiary/aromatic N) is 3. The molecule has 2 aromatic heterocycles. The molecule has 0 amide bonds. The van der Waals surface area contributed by atoms with Crippen molar-refractivity contribution in [3.05, 3.63) is 46.9 Å². The predicted octanol–water partition coefficient (Wildman–Crippen LogP) is 2.90. The van der Waals surface area contributed by atoms with Crippen LogP contribution < -0.4 is 5.73 Å². The van der Waals surface area contributed by atoms with Crippen LogP contribution in [0.2, 0.25) is 0 Å². The van der Waals surface area contributed by atoms with Crippen LogP contribution in [0.25, 0.3) is 16.7 Å². The van der Waals surface area contributed by atoms with Crippen molar-refractivity contribution in [3.8, 4) is 5.82 Å². The van der Waals surface area contributed by atoms with Crippen molar-refractivity contribution in [2.75, 3.05) is 5.73 Å². The van der Waals surface area contributed by atoms with E-state index in [4.69, 9.17) is 5.73 Å². The number of pyridine rings is 1. The Morgan fingerprint density at radius 3 is 2.83 bits per heavy atom. The lowest BCUT2D eigenvalue weighted by atomic mass is 10.2. The second-order valence-corrected chi connectivity index (χ2v) is 4.75. The van der Waals surface area contributed by atoms with Crippen LogP contribution in [0.5, 0.6) is 0 Å². The van der Waals surface area contributed by atoms with Crippen LogP contribution in [0, 0.1) is 5.82 Å². The van der Waals surface area contributed by atoms with Crippen LogP contribution in [-0.4, -0.2) is 14.8 Å². The maximum Gasteiger partial charge on any atom is 0.190 e. The number of nitrogen functional groups attached to an aromatic ring is 1. The van der Waals surface area contributed by atoms with Gasteiger partial charge in [0, 0.05) is 21.7 Å². The third-order valence-corrected chi connectivity index (χ3v) is 3.02. The minimum Gasteiger partial charge on any atom is -0.399 e. The van der Waals surface area contributed by atoms with Gasteiger partial charge in [-0.3, -0.25) is 0 Å². The van der Waals surface area contributed by atoms with Crippen LogP contribution in [-0.2, 0) is 0 Å². The monoisotopic (exact) mass is 306 g/mol. The van der Waals surface area contributed by atoms with Crippen LogP contribution in [0.1, 0.15) is 0 Å². The first-order valence-electron chi connectivity index (χ1n) is 5.20. The molecule has 0 saturated heterocycles. The maximum absolute atomic E-state index is 13.9. The smallest absolute Gasteiger partial charge is 0.190 e. The highest BCUT2D eigenvalue weighted by molar-refractivity contribution is 9.10. The van der Waals surface area contributed by atoms with E-state index >= 15 is 0 Å². The first-order chi connectivity index (χ1) is 8.65. The molecule has 0 atom stereocenters. The molecule has 6 heteroatoms. The molecule has 0 aliphatic rings. The highest BCUT2D eigenvalue weighted by Crippen LogP contribution is 2.22. The second kappa shape index (κ2) is 4.06. The molecular formula is C12H8BrFN4. The summed E-state index contributed by atoms with van der Waals surface area (Å²) in [7, 11) is 0. The maximum atomic E-state index is 13.9. The zero-order valence-corrected chi connectivity index (χ0v) is 10.7. The van der Waals surface area contributed by atoms with Gasteiger partial charge in [-0.2, -0.15) is 5.10 Å². The summed E-state index contributed by atoms with van der Waals surface area (Å²) >= 11 is 3.17. The summed E-state index contributed by atoms with van der Waals surface area (Å²) in [5.74, 6) is -0.296. The van der Waals surface area contributed by atoms with Gasteiger partial charge in [0.15, 0.2) is 11.6 Å². The van der Waals surface area contributed by atoms with E-state index in [9.17, 15) is 4.39 Å². The summed E-state index contributed by atoms with van der Waals surface area (Å²) in [6, 6.07) is 6.71. The van der Waals surface area contributed by atoms with Crippen molar-refractivity contribution in [1.82, 2.24) is 14.8 Å². The number of rotatable bonds is 1. The Morgan fingerprint density at radius 1 is 1.22 bits per heavy atom. The molecule has 2 heterocycles. The Morgan fingerprint density at radius 2 is 2.06 bits per heavy atom. The number of nitrogens with two attached hydrogens (primary N) is 1. The molecule has 4 nitrogen and oxygen atoms in total. The molecule has 0 bridgehead atoms. The minimum absolute atomic E-state index is 0.152. The van der Waals surface area contributed by atoms with Gasteiger partial charge in [0.1, 0.15) is 0 Å². The summed E-state index contributed by atoms with van der Waals surface area (Å²) in [5, 5.41) is 5.02. The molecule has 1 aromatic carbocycles. The topological polar surface area (TPSA) is 56.7 Å². The molecule has 3 aromatic rings. The lowest BCUT2D eigenvalue weighted by Crippen LogP contribution is -2.02. The number of halogens is 2. The van der Waals surface area contributed by atoms with Crippen molar-refractivity contribution >= 4 is 32.5 Å². The average Bonchev–Trinajstić information content (AvgIpc) is 2.72. The zero-order valence-electron chi connectivity index (χ0n) is 9.14. The molecule has 0 radical (unpaired) electrons. The fourth-order valence-corrected chi connectivity index (χ4v) is 2.07. The summed E-state index contributed by atoms with van der Waals surface area (Å²) in [5.41, 5.74) is 7.05. The average molecular weight is 307 g/mol. The Kier molecular flexibility index (Phi) is 2.52. The number of aromatic nitrogens is 3. The Balaban J connectivity index is 2.28. The van der Waals surface area contributed by atoms with E-state index in [-0.39, 0.29) is 5.82 Å². The highest BCUT2D eigenvalue weighted by Gasteiger charge is 2.11. The van der Waals surface area contributed by atoms with Gasteiger partial charge < -0.3 is 5.73 Å². The molecule has 0 saturated carbocycles. The molecule has 0 aliphatic carbocycles. The summed E-state index contributed by atoms with van der Waals surface area (Å²) in [6.45, 7) is 0. The van der Waals surface area contributed by atoms with Gasteiger partial charge in [-0.25, -0.2) is 14.1 Å². The molecule has 90 valence electrons. The third-order valence-electron chi connectivity index (χ3n) is 2.58. The molecular weight excluding hydrogens is 299 g/mol. The first-order valence-corrected chi connectivity index (χ1v) is 5.99. The normalized spacial score (nSPS) is 11.0. The molecule has 2 N–H and O–H groups in total. The predicted molar refractivity (Wildman–Crippen MR) is 70.9 cm³/mol. The summed E-state index contributed by atoms with van der Waals surface area (Å²) in [4.78, 5) is 4.04. The SMILES string of the molecule is Nc1ccc2cnn(-c3ncc(Br)cc3F)c2c1. The second-order valence-electron chi connectivity index (χ2n) is 3.83. The van der Waals surface area contributed by atoms with E-state index in [2.05, 4.69) is 26.0 Å². The molecule has 0 fully saturated rings. The van der Waals surface area contributed by atoms with Gasteiger partial charge in [0.25, 0.3) is 0 Å². The summed E-state index contributed by atoms with van der Waals surface area (Å²) < 4.78 is 15.9. The van der Waals surface area contributed by atoms with E-state index in [1.165, 1.54) is 16.9 Å². The number of benzene rings is 1. The van der Waals surface area contributed by atoms with Crippen LogP contribution in [0.15, 0.2) is 41.1 Å². The van der Waals surface area contributed by atoms with Crippen molar-refractivity contribution in [1.29, 1.82) is 0 Å². The zero-order chi connectivity index (χ0) is 12.7. The number of anilines is 1. The molecule has 0 aliphatic heterocycles. The van der Waals surface area contributed by atoms with Crippen molar-refractivity contribution in [2.45, 2.75) is 0 Å². The van der Waals surface area contributed by atoms with Gasteiger partial charge >= 0.3 is 0 Å². The van der Waals surface area contributed by atoms with E-state index < -0.39 is 5.82 Å². The Labute approximate surface area is 110 Å². The van der Waals surface area contributed by atoms with E-state index in [0.717, 1.165) is 10.9 Å². The Bertz CT molecular complexity index is 738. The van der Waals surface area contributed by atoms with Crippen LogP contribution >= 0.6 is 15.9 Å². The van der Waals surface area contributed by atoms with Crippen molar-refractivity contribution < 1.29 is 4.39 Å². The van der Waals surface area contributed by atoms with Gasteiger partial charge in [-0.1, -0.05) is 0 Å². The van der Waals surface area contributed by atoms with E-state index in [0.29, 0.717) is 10.2 Å². The van der Waals surface area contributed by atoms with Gasteiger partial charge in [0.05, 0.1) is 11.7 Å². The third kappa shape index (κ3) is 1.74. The van der Waals surface area contributed by atoms with Crippen molar-refractivity contribution in [2.24, 2.45) is 0 Å². The fraction of sp³-hybridized carbons (Fsp3) is 0. The highest BCUT2D eigenvalue weighted by atomic mass is 79.9. The van der Waals surface area contributed by atoms with Crippen LogP contribution in [0.3, 0.4) is 0 Å². The summed E-state index contributed by atoms with van der Waals surface area (Å²) in [6.07, 6.45) is 3.18. The standard InChI is InChI=1S/C12H8BrFN4/c13-8-3-10(14)12(16-6-8)18-11-4-9(15)2-1-7(11)5-17-18/h1-6H,15H2. The van der Waals surface area contributed by atoms with Gasteiger partial charge in [-0.15, -0.1) is 0 Å². The Hall–Kier alpha value is -1.95. The van der Waals surface area contributed by atoms with Crippen LogP contribution in [0.4, 0.5) is 10.1 Å². The first kappa shape index (κ1) is 11.2. The quantitative estimate of drug-likeness (QED) is 0.703. The number of hydrogen-bond donors (Lipinski definition) is 1. The largest absolute Gasteiger partial charge is 0.399 e. The van der Waals surface area contributed by atoms with Crippen molar-refractivity contribution in [3.63, 3.8) is 0 Å². The number of hydrogen-bond acceptors (Lipinski definition) is 3. The molecule has 18 heavy (non-hydrogen) atoms. The molecule has 0 spiro atoms. The van der Waals surface area contributed by atoms with Gasteiger partial charge in [0.2, 0.25) is 0 Å². The number of fused-ring (bicyclic) bond motifs is 1. The fourth-order valence-electron chi connectivity index (χ4n) is 1.77. The lowest BCUT2D eigenvalue weighted by Gasteiger charge is -2.04. The van der Waals surface area contributed by atoms with E-state index in [1.807, 2.05) is 6.07 Å². The minimum atomic E-state index is -0.447. The lowest BCUT2D eigenvalue weighted by molar-refractivity contribution is 0.602. The van der Waals surface area contributed by atoms with E-state index in [1.54, 1.807) is 18.3 Å². The molecule has 0 unspecified atom stereocenters.